The molecule has 5 heteroatoms. The molecule has 0 saturated carbocycles. The second kappa shape index (κ2) is 5.32. The molecule has 1 rings (SSSR count). The number of nitrogens with two attached hydrogens (primary N) is 1. The fourth-order valence-electron chi connectivity index (χ4n) is 1.03. The van der Waals surface area contributed by atoms with Gasteiger partial charge in [-0.1, -0.05) is 0 Å². The predicted octanol–water partition coefficient (Wildman–Crippen LogP) is 1.79. The summed E-state index contributed by atoms with van der Waals surface area (Å²) in [6.45, 7) is 2.97. The van der Waals surface area contributed by atoms with E-state index in [0.717, 1.165) is 16.8 Å². The van der Waals surface area contributed by atoms with Crippen molar-refractivity contribution >= 4 is 27.4 Å². The first kappa shape index (κ1) is 12.3. The normalized spacial score (nSPS) is 12.9. The maximum absolute atomic E-state index is 5.82. The zero-order valence-corrected chi connectivity index (χ0v) is 10.9. The van der Waals surface area contributed by atoms with Gasteiger partial charge in [-0.15, -0.1) is 0 Å². The molecule has 1 aromatic heterocycles. The van der Waals surface area contributed by atoms with Crippen LogP contribution in [0.4, 0.5) is 11.5 Å². The van der Waals surface area contributed by atoms with E-state index < -0.39 is 0 Å². The molecule has 0 saturated heterocycles. The topological polar surface area (TPSA) is 54.2 Å². The number of hydrogen-bond acceptors (Lipinski definition) is 4. The first-order chi connectivity index (χ1) is 7.00. The zero-order chi connectivity index (χ0) is 11.4. The highest BCUT2D eigenvalue weighted by Gasteiger charge is 2.06. The molecular formula is C10H17BrN4. The van der Waals surface area contributed by atoms with Crippen molar-refractivity contribution in [2.75, 3.05) is 31.7 Å². The number of halogens is 1. The van der Waals surface area contributed by atoms with Crippen molar-refractivity contribution in [3.8, 4) is 0 Å². The fraction of sp³-hybridized carbons (Fsp3) is 0.500. The van der Waals surface area contributed by atoms with Gasteiger partial charge in [-0.25, -0.2) is 4.98 Å². The largest absolute Gasteiger partial charge is 0.396 e. The number of nitrogen functional groups attached to an aromatic ring is 1. The molecule has 0 radical (unpaired) electrons. The Hall–Kier alpha value is -0.810. The van der Waals surface area contributed by atoms with Gasteiger partial charge in [0.25, 0.3) is 0 Å². The number of anilines is 2. The molecule has 84 valence electrons. The Balaban J connectivity index is 2.58. The van der Waals surface area contributed by atoms with Crippen LogP contribution in [0, 0.1) is 0 Å². The van der Waals surface area contributed by atoms with Gasteiger partial charge >= 0.3 is 0 Å². The lowest BCUT2D eigenvalue weighted by atomic mass is 10.3. The van der Waals surface area contributed by atoms with Gasteiger partial charge in [0.05, 0.1) is 5.69 Å². The molecule has 1 aromatic rings. The van der Waals surface area contributed by atoms with Gasteiger partial charge < -0.3 is 16.0 Å². The Morgan fingerprint density at radius 3 is 2.80 bits per heavy atom. The third kappa shape index (κ3) is 3.68. The van der Waals surface area contributed by atoms with Crippen molar-refractivity contribution in [3.05, 3.63) is 16.7 Å². The second-order valence-corrected chi connectivity index (χ2v) is 4.70. The van der Waals surface area contributed by atoms with Crippen molar-refractivity contribution in [2.24, 2.45) is 0 Å². The van der Waals surface area contributed by atoms with Gasteiger partial charge in [0.1, 0.15) is 5.82 Å². The maximum atomic E-state index is 5.82. The molecule has 0 spiro atoms. The predicted molar refractivity (Wildman–Crippen MR) is 68.0 cm³/mol. The van der Waals surface area contributed by atoms with E-state index in [1.165, 1.54) is 0 Å². The minimum atomic E-state index is 0.440. The summed E-state index contributed by atoms with van der Waals surface area (Å²) in [6.07, 6.45) is 1.74. The van der Waals surface area contributed by atoms with Gasteiger partial charge in [0.15, 0.2) is 0 Å². The van der Waals surface area contributed by atoms with E-state index in [0.29, 0.717) is 11.7 Å². The lowest BCUT2D eigenvalue weighted by Gasteiger charge is -2.20. The van der Waals surface area contributed by atoms with Crippen molar-refractivity contribution in [1.82, 2.24) is 9.88 Å². The van der Waals surface area contributed by atoms with Gasteiger partial charge in [-0.3, -0.25) is 0 Å². The van der Waals surface area contributed by atoms with E-state index in [1.54, 1.807) is 6.20 Å². The van der Waals surface area contributed by atoms with Crippen LogP contribution in [0.2, 0.25) is 0 Å². The Morgan fingerprint density at radius 1 is 1.60 bits per heavy atom. The third-order valence-electron chi connectivity index (χ3n) is 2.33. The van der Waals surface area contributed by atoms with Crippen LogP contribution in [0.15, 0.2) is 16.7 Å². The number of aromatic nitrogens is 1. The molecule has 0 aliphatic carbocycles. The molecule has 0 aliphatic rings. The molecule has 0 amide bonds. The summed E-state index contributed by atoms with van der Waals surface area (Å²) in [5.41, 5.74) is 6.48. The molecule has 1 atom stereocenters. The van der Waals surface area contributed by atoms with E-state index >= 15 is 0 Å². The van der Waals surface area contributed by atoms with E-state index in [2.05, 4.69) is 38.1 Å². The average molecular weight is 273 g/mol. The second-order valence-electron chi connectivity index (χ2n) is 3.78. The first-order valence-electron chi connectivity index (χ1n) is 4.82. The number of pyridine rings is 1. The third-order valence-corrected chi connectivity index (χ3v) is 2.76. The first-order valence-corrected chi connectivity index (χ1v) is 5.61. The molecule has 1 unspecified atom stereocenters. The lowest BCUT2D eigenvalue weighted by Crippen LogP contribution is -2.31. The lowest BCUT2D eigenvalue weighted by molar-refractivity contribution is 0.326. The summed E-state index contributed by atoms with van der Waals surface area (Å²) in [5.74, 6) is 0.743. The summed E-state index contributed by atoms with van der Waals surface area (Å²) in [6, 6.07) is 2.28. The number of nitrogens with zero attached hydrogens (tertiary/aromatic N) is 2. The van der Waals surface area contributed by atoms with Gasteiger partial charge in [-0.2, -0.15) is 0 Å². The maximum Gasteiger partial charge on any atom is 0.149 e. The van der Waals surface area contributed by atoms with Crippen LogP contribution in [0.25, 0.3) is 0 Å². The van der Waals surface area contributed by atoms with Crippen molar-refractivity contribution in [3.63, 3.8) is 0 Å². The molecule has 3 N–H and O–H groups in total. The summed E-state index contributed by atoms with van der Waals surface area (Å²) in [4.78, 5) is 6.35. The van der Waals surface area contributed by atoms with Gasteiger partial charge in [0, 0.05) is 23.3 Å². The number of rotatable bonds is 4. The Morgan fingerprint density at radius 2 is 2.27 bits per heavy atom. The zero-order valence-electron chi connectivity index (χ0n) is 9.29. The number of nitrogens with one attached hydrogen (secondary N) is 1. The summed E-state index contributed by atoms with van der Waals surface area (Å²) >= 11 is 3.32. The highest BCUT2D eigenvalue weighted by molar-refractivity contribution is 9.10. The van der Waals surface area contributed by atoms with Gasteiger partial charge in [0.2, 0.25) is 0 Å². The minimum Gasteiger partial charge on any atom is -0.396 e. The molecule has 0 aliphatic heterocycles. The highest BCUT2D eigenvalue weighted by atomic mass is 79.9. The van der Waals surface area contributed by atoms with Crippen LogP contribution in [0.3, 0.4) is 0 Å². The van der Waals surface area contributed by atoms with Crippen molar-refractivity contribution in [2.45, 2.75) is 13.0 Å². The molecule has 1 heterocycles. The number of hydrogen-bond donors (Lipinski definition) is 2. The average Bonchev–Trinajstić information content (AvgIpc) is 2.15. The quantitative estimate of drug-likeness (QED) is 0.878. The molecule has 0 bridgehead atoms. The van der Waals surface area contributed by atoms with Crippen LogP contribution >= 0.6 is 15.9 Å². The van der Waals surface area contributed by atoms with Crippen molar-refractivity contribution < 1.29 is 0 Å². The summed E-state index contributed by atoms with van der Waals surface area (Å²) < 4.78 is 0.895. The Labute approximate surface area is 99.0 Å². The monoisotopic (exact) mass is 272 g/mol. The van der Waals surface area contributed by atoms with E-state index in [1.807, 2.05) is 20.2 Å². The molecular weight excluding hydrogens is 256 g/mol. The van der Waals surface area contributed by atoms with Gasteiger partial charge in [-0.05, 0) is 43.0 Å². The Bertz CT molecular complexity index is 327. The SMILES string of the molecule is CC(CNc1ncc(Br)cc1N)N(C)C. The molecule has 4 nitrogen and oxygen atoms in total. The smallest absolute Gasteiger partial charge is 0.149 e. The van der Waals surface area contributed by atoms with Crippen LogP contribution in [0.5, 0.6) is 0 Å². The molecule has 0 aromatic carbocycles. The minimum absolute atomic E-state index is 0.440. The van der Waals surface area contributed by atoms with E-state index in [9.17, 15) is 0 Å². The molecule has 15 heavy (non-hydrogen) atoms. The van der Waals surface area contributed by atoms with Crippen molar-refractivity contribution in [1.29, 1.82) is 0 Å². The fourth-order valence-corrected chi connectivity index (χ4v) is 1.38. The number of likely N-dealkylation sites (N-methyl/N-ethyl adjacent to an activating group) is 1. The Kier molecular flexibility index (Phi) is 4.35. The highest BCUT2D eigenvalue weighted by Crippen LogP contribution is 2.19. The standard InChI is InChI=1S/C10H17BrN4/c1-7(15(2)3)5-13-10-9(12)4-8(11)6-14-10/h4,6-7H,5,12H2,1-3H3,(H,13,14). The van der Waals surface area contributed by atoms with Crippen LogP contribution in [-0.2, 0) is 0 Å². The van der Waals surface area contributed by atoms with Crippen LogP contribution in [0.1, 0.15) is 6.92 Å². The summed E-state index contributed by atoms with van der Waals surface area (Å²) in [5, 5.41) is 3.22. The van der Waals surface area contributed by atoms with Crippen LogP contribution < -0.4 is 11.1 Å². The van der Waals surface area contributed by atoms with E-state index in [-0.39, 0.29) is 0 Å². The summed E-state index contributed by atoms with van der Waals surface area (Å²) in [7, 11) is 4.09. The van der Waals surface area contributed by atoms with Crippen LogP contribution in [-0.4, -0.2) is 36.6 Å². The van der Waals surface area contributed by atoms with E-state index in [4.69, 9.17) is 5.73 Å². The molecule has 0 fully saturated rings.